The van der Waals surface area contributed by atoms with Gasteiger partial charge in [-0.2, -0.15) is 0 Å². The fourth-order valence-corrected chi connectivity index (χ4v) is 3.36. The Balaban J connectivity index is 2.19. The number of rotatable bonds is 9. The number of hydrogen-bond acceptors (Lipinski definition) is 4. The number of carbonyl (C=O) groups excluding carboxylic acids is 1. The SMILES string of the molecule is O=C(O)CC[C@@H](NC(=O)[C@@H](Sc1ccccc1)c1ccccc1)C(=O)O. The highest BCUT2D eigenvalue weighted by atomic mass is 32.2. The van der Waals surface area contributed by atoms with E-state index in [2.05, 4.69) is 5.32 Å². The molecule has 0 spiro atoms. The molecule has 0 aromatic heterocycles. The van der Waals surface area contributed by atoms with Gasteiger partial charge in [-0.05, 0) is 24.1 Å². The lowest BCUT2D eigenvalue weighted by atomic mass is 10.1. The quantitative estimate of drug-likeness (QED) is 0.584. The number of hydrogen-bond donors (Lipinski definition) is 3. The fraction of sp³-hybridized carbons (Fsp3) is 0.211. The van der Waals surface area contributed by atoms with E-state index in [1.54, 1.807) is 24.3 Å². The molecule has 0 radical (unpaired) electrons. The lowest BCUT2D eigenvalue weighted by Gasteiger charge is -2.20. The zero-order valence-electron chi connectivity index (χ0n) is 13.9. The maximum Gasteiger partial charge on any atom is 0.326 e. The minimum atomic E-state index is -1.25. The van der Waals surface area contributed by atoms with Gasteiger partial charge in [-0.15, -0.1) is 11.8 Å². The van der Waals surface area contributed by atoms with Crippen molar-refractivity contribution in [1.29, 1.82) is 0 Å². The van der Waals surface area contributed by atoms with Gasteiger partial charge in [0.1, 0.15) is 11.3 Å². The van der Waals surface area contributed by atoms with Gasteiger partial charge < -0.3 is 15.5 Å². The smallest absolute Gasteiger partial charge is 0.326 e. The summed E-state index contributed by atoms with van der Waals surface area (Å²) in [4.78, 5) is 35.7. The topological polar surface area (TPSA) is 104 Å². The van der Waals surface area contributed by atoms with Crippen LogP contribution in [-0.2, 0) is 14.4 Å². The van der Waals surface area contributed by atoms with Crippen LogP contribution in [0, 0.1) is 0 Å². The maximum absolute atomic E-state index is 12.8. The lowest BCUT2D eigenvalue weighted by molar-refractivity contribution is -0.143. The van der Waals surface area contributed by atoms with Crippen molar-refractivity contribution in [2.24, 2.45) is 0 Å². The van der Waals surface area contributed by atoms with Gasteiger partial charge in [0.2, 0.25) is 5.91 Å². The molecular formula is C19H19NO5S. The van der Waals surface area contributed by atoms with Crippen molar-refractivity contribution in [3.63, 3.8) is 0 Å². The third-order valence-electron chi connectivity index (χ3n) is 3.60. The molecule has 0 heterocycles. The summed E-state index contributed by atoms with van der Waals surface area (Å²) in [6, 6.07) is 17.1. The van der Waals surface area contributed by atoms with E-state index in [-0.39, 0.29) is 12.8 Å². The molecule has 1 amide bonds. The predicted octanol–water partition coefficient (Wildman–Crippen LogP) is 2.95. The van der Waals surface area contributed by atoms with Gasteiger partial charge in [-0.25, -0.2) is 4.79 Å². The maximum atomic E-state index is 12.8. The van der Waals surface area contributed by atoms with Crippen LogP contribution in [-0.4, -0.2) is 34.1 Å². The first-order chi connectivity index (χ1) is 12.5. The molecule has 2 aromatic carbocycles. The zero-order chi connectivity index (χ0) is 18.9. The number of aliphatic carboxylic acids is 2. The van der Waals surface area contributed by atoms with E-state index in [1.165, 1.54) is 11.8 Å². The van der Waals surface area contributed by atoms with Crippen molar-refractivity contribution in [3.05, 3.63) is 66.2 Å². The third kappa shape index (κ3) is 5.93. The van der Waals surface area contributed by atoms with Crippen LogP contribution in [0.25, 0.3) is 0 Å². The van der Waals surface area contributed by atoms with Crippen LogP contribution in [0.15, 0.2) is 65.6 Å². The molecule has 136 valence electrons. The van der Waals surface area contributed by atoms with E-state index in [0.29, 0.717) is 0 Å². The fourth-order valence-electron chi connectivity index (χ4n) is 2.31. The Morgan fingerprint density at radius 1 is 0.923 bits per heavy atom. The van der Waals surface area contributed by atoms with Crippen LogP contribution in [0.5, 0.6) is 0 Å². The summed E-state index contributed by atoms with van der Waals surface area (Å²) in [5.41, 5.74) is 0.737. The molecule has 3 N–H and O–H groups in total. The molecule has 7 heteroatoms. The molecule has 0 unspecified atom stereocenters. The average molecular weight is 373 g/mol. The summed E-state index contributed by atoms with van der Waals surface area (Å²) in [6.07, 6.45) is -0.507. The normalized spacial score (nSPS) is 12.8. The first-order valence-electron chi connectivity index (χ1n) is 7.99. The standard InChI is InChI=1S/C19H19NO5S/c21-16(22)12-11-15(19(24)25)20-18(23)17(13-7-3-1-4-8-13)26-14-9-5-2-6-10-14/h1-10,15,17H,11-12H2,(H,20,23)(H,21,22)(H,24,25)/t15-,17+/m1/s1. The monoisotopic (exact) mass is 373 g/mol. The first-order valence-corrected chi connectivity index (χ1v) is 8.87. The molecule has 2 rings (SSSR count). The molecule has 0 aliphatic rings. The molecule has 0 aliphatic heterocycles. The highest BCUT2D eigenvalue weighted by Gasteiger charge is 2.27. The van der Waals surface area contributed by atoms with Crippen molar-refractivity contribution >= 4 is 29.6 Å². The van der Waals surface area contributed by atoms with E-state index in [0.717, 1.165) is 10.5 Å². The van der Waals surface area contributed by atoms with Gasteiger partial charge >= 0.3 is 11.9 Å². The summed E-state index contributed by atoms with van der Waals surface area (Å²) in [5.74, 6) is -2.83. The molecular weight excluding hydrogens is 354 g/mol. The minimum absolute atomic E-state index is 0.173. The Morgan fingerprint density at radius 3 is 2.04 bits per heavy atom. The molecule has 0 bridgehead atoms. The van der Waals surface area contributed by atoms with Gasteiger partial charge in [0.25, 0.3) is 0 Å². The Hall–Kier alpha value is -2.80. The van der Waals surface area contributed by atoms with Crippen molar-refractivity contribution in [1.82, 2.24) is 5.32 Å². The van der Waals surface area contributed by atoms with Crippen LogP contribution in [0.2, 0.25) is 0 Å². The Kier molecular flexibility index (Phi) is 7.23. The highest BCUT2D eigenvalue weighted by Crippen LogP contribution is 2.35. The number of carboxylic acid groups (broad SMARTS) is 2. The molecule has 2 atom stereocenters. The molecule has 0 fully saturated rings. The van der Waals surface area contributed by atoms with Gasteiger partial charge in [0, 0.05) is 11.3 Å². The molecule has 2 aromatic rings. The van der Waals surface area contributed by atoms with E-state index < -0.39 is 29.1 Å². The Morgan fingerprint density at radius 2 is 1.50 bits per heavy atom. The second-order valence-electron chi connectivity index (χ2n) is 5.55. The second kappa shape index (κ2) is 9.62. The number of amides is 1. The third-order valence-corrected chi connectivity index (χ3v) is 4.87. The predicted molar refractivity (Wildman–Crippen MR) is 97.9 cm³/mol. The average Bonchev–Trinajstić information content (AvgIpc) is 2.64. The summed E-state index contributed by atoms with van der Waals surface area (Å²) in [5, 5.41) is 19.8. The summed E-state index contributed by atoms with van der Waals surface area (Å²) in [7, 11) is 0. The number of benzene rings is 2. The Bertz CT molecular complexity index is 751. The molecule has 0 saturated heterocycles. The van der Waals surface area contributed by atoms with Crippen LogP contribution in [0.1, 0.15) is 23.7 Å². The van der Waals surface area contributed by atoms with Crippen molar-refractivity contribution in [2.75, 3.05) is 0 Å². The van der Waals surface area contributed by atoms with Crippen LogP contribution in [0.4, 0.5) is 0 Å². The van der Waals surface area contributed by atoms with Gasteiger partial charge in [0.05, 0.1) is 0 Å². The summed E-state index contributed by atoms with van der Waals surface area (Å²) < 4.78 is 0. The van der Waals surface area contributed by atoms with Crippen molar-refractivity contribution in [2.45, 2.75) is 29.0 Å². The minimum Gasteiger partial charge on any atom is -0.481 e. The number of carboxylic acids is 2. The van der Waals surface area contributed by atoms with Gasteiger partial charge in [0.15, 0.2) is 0 Å². The molecule has 0 saturated carbocycles. The number of thioether (sulfide) groups is 1. The van der Waals surface area contributed by atoms with Crippen LogP contribution < -0.4 is 5.32 Å². The van der Waals surface area contributed by atoms with E-state index in [1.807, 2.05) is 36.4 Å². The van der Waals surface area contributed by atoms with E-state index >= 15 is 0 Å². The number of carbonyl (C=O) groups is 3. The van der Waals surface area contributed by atoms with Gasteiger partial charge in [-0.3, -0.25) is 9.59 Å². The van der Waals surface area contributed by atoms with Crippen molar-refractivity contribution < 1.29 is 24.6 Å². The molecule has 6 nitrogen and oxygen atoms in total. The molecule has 0 aliphatic carbocycles. The number of nitrogens with one attached hydrogen (secondary N) is 1. The van der Waals surface area contributed by atoms with E-state index in [9.17, 15) is 19.5 Å². The first kappa shape index (κ1) is 19.5. The summed E-state index contributed by atoms with van der Waals surface area (Å²) >= 11 is 1.31. The van der Waals surface area contributed by atoms with Gasteiger partial charge in [-0.1, -0.05) is 48.5 Å². The zero-order valence-corrected chi connectivity index (χ0v) is 14.7. The Labute approximate surface area is 155 Å². The highest BCUT2D eigenvalue weighted by molar-refractivity contribution is 8.00. The van der Waals surface area contributed by atoms with Crippen LogP contribution >= 0.6 is 11.8 Å². The summed E-state index contributed by atoms with van der Waals surface area (Å²) in [6.45, 7) is 0. The molecule has 26 heavy (non-hydrogen) atoms. The van der Waals surface area contributed by atoms with Crippen LogP contribution in [0.3, 0.4) is 0 Å². The van der Waals surface area contributed by atoms with E-state index in [4.69, 9.17) is 5.11 Å². The second-order valence-corrected chi connectivity index (χ2v) is 6.73. The lowest BCUT2D eigenvalue weighted by Crippen LogP contribution is -2.42. The largest absolute Gasteiger partial charge is 0.481 e. The van der Waals surface area contributed by atoms with Crippen molar-refractivity contribution in [3.8, 4) is 0 Å².